The normalized spacial score (nSPS) is 12.9. The lowest BCUT2D eigenvalue weighted by Crippen LogP contribution is -2.16. The van der Waals surface area contributed by atoms with E-state index in [9.17, 15) is 0 Å². The molecule has 1 N–H and O–H groups in total. The molecule has 18 heavy (non-hydrogen) atoms. The van der Waals surface area contributed by atoms with Crippen LogP contribution >= 0.6 is 0 Å². The number of fused-ring (bicyclic) bond motifs is 1. The number of anilines is 2. The monoisotopic (exact) mass is 238 g/mol. The summed E-state index contributed by atoms with van der Waals surface area (Å²) >= 11 is 0. The Hall–Kier alpha value is -1.96. The van der Waals surface area contributed by atoms with E-state index >= 15 is 0 Å². The van der Waals surface area contributed by atoms with Crippen LogP contribution in [-0.4, -0.2) is 13.6 Å². The van der Waals surface area contributed by atoms with E-state index in [4.69, 9.17) is 0 Å². The molecule has 3 rings (SSSR count). The molecule has 0 saturated heterocycles. The zero-order valence-electron chi connectivity index (χ0n) is 10.7. The summed E-state index contributed by atoms with van der Waals surface area (Å²) in [5.74, 6) is 0. The second-order valence-electron chi connectivity index (χ2n) is 4.86. The minimum atomic E-state index is 0.943. The lowest BCUT2D eigenvalue weighted by molar-refractivity contribution is 0.923. The van der Waals surface area contributed by atoms with Crippen molar-refractivity contribution >= 4 is 11.4 Å². The molecule has 0 spiro atoms. The van der Waals surface area contributed by atoms with Gasteiger partial charge in [0.05, 0.1) is 0 Å². The van der Waals surface area contributed by atoms with Crippen LogP contribution in [0.3, 0.4) is 0 Å². The van der Waals surface area contributed by atoms with E-state index in [2.05, 4.69) is 65.8 Å². The molecule has 2 aromatic carbocycles. The molecule has 2 nitrogen and oxygen atoms in total. The Labute approximate surface area is 108 Å². The maximum absolute atomic E-state index is 3.43. The van der Waals surface area contributed by atoms with Crippen molar-refractivity contribution in [1.29, 1.82) is 0 Å². The van der Waals surface area contributed by atoms with E-state index < -0.39 is 0 Å². The van der Waals surface area contributed by atoms with Crippen LogP contribution in [0.5, 0.6) is 0 Å². The molecule has 2 aromatic rings. The molecule has 0 bridgehead atoms. The van der Waals surface area contributed by atoms with Gasteiger partial charge in [0.1, 0.15) is 0 Å². The molecule has 0 fully saturated rings. The number of rotatable bonds is 3. The largest absolute Gasteiger partial charge is 0.384 e. The maximum Gasteiger partial charge on any atom is 0.0426 e. The first-order valence-corrected chi connectivity index (χ1v) is 6.45. The van der Waals surface area contributed by atoms with Gasteiger partial charge >= 0.3 is 0 Å². The Morgan fingerprint density at radius 2 is 1.94 bits per heavy atom. The Balaban J connectivity index is 1.77. The van der Waals surface area contributed by atoms with Crippen LogP contribution in [0.1, 0.15) is 11.1 Å². The van der Waals surface area contributed by atoms with Gasteiger partial charge in [-0.1, -0.05) is 30.3 Å². The molecule has 0 unspecified atom stereocenters. The minimum absolute atomic E-state index is 0.943. The fourth-order valence-corrected chi connectivity index (χ4v) is 2.48. The molecule has 1 aliphatic rings. The van der Waals surface area contributed by atoms with Crippen LogP contribution in [-0.2, 0) is 13.0 Å². The molecular weight excluding hydrogens is 220 g/mol. The number of hydrogen-bond acceptors (Lipinski definition) is 2. The highest BCUT2D eigenvalue weighted by Gasteiger charge is 2.10. The Bertz CT molecular complexity index is 534. The van der Waals surface area contributed by atoms with Crippen LogP contribution in [0.25, 0.3) is 0 Å². The molecule has 0 saturated carbocycles. The van der Waals surface area contributed by atoms with Gasteiger partial charge in [-0.15, -0.1) is 0 Å². The molecule has 0 radical (unpaired) electrons. The van der Waals surface area contributed by atoms with Crippen molar-refractivity contribution in [2.75, 3.05) is 23.8 Å². The van der Waals surface area contributed by atoms with Crippen LogP contribution < -0.4 is 10.2 Å². The van der Waals surface area contributed by atoms with Gasteiger partial charge in [-0.3, -0.25) is 0 Å². The summed E-state index contributed by atoms with van der Waals surface area (Å²) in [4.78, 5) is 2.27. The molecule has 1 aliphatic heterocycles. The second-order valence-corrected chi connectivity index (χ2v) is 4.86. The molecule has 0 amide bonds. The van der Waals surface area contributed by atoms with Gasteiger partial charge in [0.25, 0.3) is 0 Å². The van der Waals surface area contributed by atoms with Crippen LogP contribution in [0.4, 0.5) is 11.4 Å². The van der Waals surface area contributed by atoms with Gasteiger partial charge in [-0.2, -0.15) is 0 Å². The maximum atomic E-state index is 3.43. The van der Waals surface area contributed by atoms with Crippen molar-refractivity contribution in [3.8, 4) is 0 Å². The zero-order chi connectivity index (χ0) is 12.4. The Morgan fingerprint density at radius 1 is 1.11 bits per heavy atom. The highest BCUT2D eigenvalue weighted by Crippen LogP contribution is 2.24. The number of para-hydroxylation sites is 1. The average molecular weight is 238 g/mol. The first kappa shape index (κ1) is 11.1. The summed E-state index contributed by atoms with van der Waals surface area (Å²) in [6, 6.07) is 17.3. The van der Waals surface area contributed by atoms with Crippen LogP contribution in [0, 0.1) is 0 Å². The highest BCUT2D eigenvalue weighted by atomic mass is 15.1. The van der Waals surface area contributed by atoms with Crippen molar-refractivity contribution < 1.29 is 0 Å². The minimum Gasteiger partial charge on any atom is -0.384 e. The first-order chi connectivity index (χ1) is 8.83. The number of hydrogen-bond donors (Lipinski definition) is 1. The number of nitrogens with one attached hydrogen (secondary N) is 1. The molecule has 0 atom stereocenters. The van der Waals surface area contributed by atoms with E-state index in [-0.39, 0.29) is 0 Å². The fourth-order valence-electron chi connectivity index (χ4n) is 2.48. The van der Waals surface area contributed by atoms with E-state index in [0.717, 1.165) is 19.5 Å². The fraction of sp³-hybridized carbons (Fsp3) is 0.250. The second kappa shape index (κ2) is 4.73. The van der Waals surface area contributed by atoms with E-state index in [1.807, 2.05) is 0 Å². The summed E-state index contributed by atoms with van der Waals surface area (Å²) in [6.45, 7) is 2.02. The predicted molar refractivity (Wildman–Crippen MR) is 77.2 cm³/mol. The van der Waals surface area contributed by atoms with Crippen LogP contribution in [0.15, 0.2) is 48.5 Å². The third kappa shape index (κ3) is 2.19. The van der Waals surface area contributed by atoms with E-state index in [1.165, 1.54) is 22.5 Å². The van der Waals surface area contributed by atoms with E-state index in [1.54, 1.807) is 0 Å². The van der Waals surface area contributed by atoms with Crippen molar-refractivity contribution in [2.24, 2.45) is 0 Å². The summed E-state index contributed by atoms with van der Waals surface area (Å²) in [5.41, 5.74) is 5.37. The lowest BCUT2D eigenvalue weighted by atomic mass is 10.1. The topological polar surface area (TPSA) is 15.3 Å². The zero-order valence-corrected chi connectivity index (χ0v) is 10.7. The number of benzene rings is 2. The third-order valence-corrected chi connectivity index (χ3v) is 3.50. The molecule has 1 heterocycles. The Morgan fingerprint density at radius 3 is 2.78 bits per heavy atom. The van der Waals surface area contributed by atoms with Gasteiger partial charge in [0, 0.05) is 31.5 Å². The van der Waals surface area contributed by atoms with Gasteiger partial charge in [0.15, 0.2) is 0 Å². The highest BCUT2D eigenvalue weighted by molar-refractivity contribution is 5.57. The lowest BCUT2D eigenvalue weighted by Gasteiger charge is -2.19. The molecule has 2 heteroatoms. The molecular formula is C16H18N2. The summed E-state index contributed by atoms with van der Waals surface area (Å²) < 4.78 is 0. The van der Waals surface area contributed by atoms with Crippen LogP contribution in [0.2, 0.25) is 0 Å². The first-order valence-electron chi connectivity index (χ1n) is 6.45. The summed E-state index contributed by atoms with van der Waals surface area (Å²) in [5, 5.41) is 3.43. The summed E-state index contributed by atoms with van der Waals surface area (Å²) in [6.07, 6.45) is 1.16. The average Bonchev–Trinajstić information content (AvgIpc) is 2.87. The van der Waals surface area contributed by atoms with Crippen molar-refractivity contribution in [1.82, 2.24) is 0 Å². The van der Waals surface area contributed by atoms with E-state index in [0.29, 0.717) is 0 Å². The van der Waals surface area contributed by atoms with Gasteiger partial charge in [0.2, 0.25) is 0 Å². The number of nitrogens with zero attached hydrogens (tertiary/aromatic N) is 1. The quantitative estimate of drug-likeness (QED) is 0.882. The molecule has 0 aliphatic carbocycles. The van der Waals surface area contributed by atoms with Gasteiger partial charge in [-0.05, 0) is 35.7 Å². The Kier molecular flexibility index (Phi) is 2.93. The predicted octanol–water partition coefficient (Wildman–Crippen LogP) is 3.29. The molecule has 0 aromatic heterocycles. The standard InChI is InChI=1S/C16H18N2/c1-18(15-5-3-2-4-6-15)12-13-7-8-14-9-10-17-16(14)11-13/h2-8,11,17H,9-10,12H2,1H3. The molecule has 92 valence electrons. The van der Waals surface area contributed by atoms with Crippen molar-refractivity contribution in [3.63, 3.8) is 0 Å². The van der Waals surface area contributed by atoms with Crippen molar-refractivity contribution in [3.05, 3.63) is 59.7 Å². The smallest absolute Gasteiger partial charge is 0.0426 e. The SMILES string of the molecule is CN(Cc1ccc2c(c1)NCC2)c1ccccc1. The van der Waals surface area contributed by atoms with Gasteiger partial charge < -0.3 is 10.2 Å². The third-order valence-electron chi connectivity index (χ3n) is 3.50. The van der Waals surface area contributed by atoms with Crippen molar-refractivity contribution in [2.45, 2.75) is 13.0 Å². The van der Waals surface area contributed by atoms with Gasteiger partial charge in [-0.25, -0.2) is 0 Å². The summed E-state index contributed by atoms with van der Waals surface area (Å²) in [7, 11) is 2.13.